The van der Waals surface area contributed by atoms with Gasteiger partial charge in [-0.25, -0.2) is 0 Å². The van der Waals surface area contributed by atoms with Crippen LogP contribution in [0.4, 0.5) is 5.69 Å². The van der Waals surface area contributed by atoms with Gasteiger partial charge in [0.1, 0.15) is 0 Å². The van der Waals surface area contributed by atoms with Crippen molar-refractivity contribution in [3.8, 4) is 0 Å². The first-order chi connectivity index (χ1) is 8.09. The van der Waals surface area contributed by atoms with E-state index in [1.54, 1.807) is 0 Å². The third-order valence-electron chi connectivity index (χ3n) is 3.27. The first-order valence-electron chi connectivity index (χ1n) is 6.02. The average molecular weight is 318 g/mol. The van der Waals surface area contributed by atoms with Crippen LogP contribution in [0, 0.1) is 5.92 Å². The number of rotatable bonds is 2. The van der Waals surface area contributed by atoms with Crippen molar-refractivity contribution in [3.05, 3.63) is 27.7 Å². The van der Waals surface area contributed by atoms with Gasteiger partial charge < -0.3 is 10.2 Å². The zero-order valence-corrected chi connectivity index (χ0v) is 12.6. The highest BCUT2D eigenvalue weighted by Crippen LogP contribution is 2.32. The molecule has 1 aromatic carbocycles. The number of benzene rings is 1. The molecule has 1 N–H and O–H groups in total. The first kappa shape index (κ1) is 13.2. The molecule has 1 fully saturated rings. The quantitative estimate of drug-likeness (QED) is 0.897. The molecule has 0 bridgehead atoms. The maximum atomic E-state index is 6.32. The van der Waals surface area contributed by atoms with E-state index in [9.17, 15) is 0 Å². The van der Waals surface area contributed by atoms with Crippen molar-refractivity contribution < 1.29 is 0 Å². The Morgan fingerprint density at radius 3 is 2.94 bits per heavy atom. The molecule has 2 rings (SSSR count). The monoisotopic (exact) mass is 316 g/mol. The van der Waals surface area contributed by atoms with Crippen LogP contribution in [0.3, 0.4) is 0 Å². The maximum absolute atomic E-state index is 6.32. The summed E-state index contributed by atoms with van der Waals surface area (Å²) in [6.45, 7) is 7.58. The molecule has 94 valence electrons. The number of nitrogens with zero attached hydrogens (tertiary/aromatic N) is 1. The summed E-state index contributed by atoms with van der Waals surface area (Å²) in [6, 6.07) is 6.57. The van der Waals surface area contributed by atoms with Crippen LogP contribution in [0.1, 0.15) is 13.8 Å². The summed E-state index contributed by atoms with van der Waals surface area (Å²) in [4.78, 5) is 2.42. The second kappa shape index (κ2) is 5.59. The SMILES string of the molecule is CC(C)C1CNCCN1c1cc(Br)ccc1Cl. The Kier molecular flexibility index (Phi) is 4.34. The third-order valence-corrected chi connectivity index (χ3v) is 4.08. The highest BCUT2D eigenvalue weighted by atomic mass is 79.9. The van der Waals surface area contributed by atoms with Gasteiger partial charge in [0.2, 0.25) is 0 Å². The predicted octanol–water partition coefficient (Wildman–Crippen LogP) is 3.54. The van der Waals surface area contributed by atoms with Crippen molar-refractivity contribution in [3.63, 3.8) is 0 Å². The van der Waals surface area contributed by atoms with Crippen LogP contribution < -0.4 is 10.2 Å². The zero-order valence-electron chi connectivity index (χ0n) is 10.2. The van der Waals surface area contributed by atoms with Crippen LogP contribution >= 0.6 is 27.5 Å². The standard InChI is InChI=1S/C13H18BrClN2/c1-9(2)13-8-16-5-6-17(13)12-7-10(14)3-4-11(12)15/h3-4,7,9,13,16H,5-6,8H2,1-2H3. The van der Waals surface area contributed by atoms with Crippen molar-refractivity contribution >= 4 is 33.2 Å². The Bertz CT molecular complexity index is 395. The molecule has 1 aliphatic heterocycles. The van der Waals surface area contributed by atoms with Gasteiger partial charge in [0, 0.05) is 30.1 Å². The third kappa shape index (κ3) is 2.95. The molecular weight excluding hydrogens is 300 g/mol. The lowest BCUT2D eigenvalue weighted by Crippen LogP contribution is -2.53. The molecule has 1 aromatic rings. The number of hydrogen-bond donors (Lipinski definition) is 1. The molecular formula is C13H18BrClN2. The largest absolute Gasteiger partial charge is 0.365 e. The Morgan fingerprint density at radius 1 is 1.47 bits per heavy atom. The summed E-state index contributed by atoms with van der Waals surface area (Å²) >= 11 is 9.84. The van der Waals surface area contributed by atoms with E-state index in [4.69, 9.17) is 11.6 Å². The summed E-state index contributed by atoms with van der Waals surface area (Å²) in [5, 5.41) is 4.29. The maximum Gasteiger partial charge on any atom is 0.0640 e. The van der Waals surface area contributed by atoms with Crippen molar-refractivity contribution in [1.29, 1.82) is 0 Å². The molecule has 1 atom stereocenters. The molecule has 4 heteroatoms. The highest BCUT2D eigenvalue weighted by molar-refractivity contribution is 9.10. The van der Waals surface area contributed by atoms with Crippen LogP contribution in [0.15, 0.2) is 22.7 Å². The molecule has 17 heavy (non-hydrogen) atoms. The van der Waals surface area contributed by atoms with E-state index in [0.717, 1.165) is 34.8 Å². The minimum atomic E-state index is 0.510. The second-order valence-electron chi connectivity index (χ2n) is 4.80. The molecule has 0 aromatic heterocycles. The summed E-state index contributed by atoms with van der Waals surface area (Å²) in [6.07, 6.45) is 0. The van der Waals surface area contributed by atoms with Crippen molar-refractivity contribution in [2.24, 2.45) is 5.92 Å². The van der Waals surface area contributed by atoms with Crippen LogP contribution in [-0.4, -0.2) is 25.7 Å². The van der Waals surface area contributed by atoms with Gasteiger partial charge in [-0.2, -0.15) is 0 Å². The summed E-state index contributed by atoms with van der Waals surface area (Å²) in [5.74, 6) is 0.609. The van der Waals surface area contributed by atoms with E-state index >= 15 is 0 Å². The fourth-order valence-corrected chi connectivity index (χ4v) is 2.90. The Morgan fingerprint density at radius 2 is 2.24 bits per heavy atom. The first-order valence-corrected chi connectivity index (χ1v) is 7.19. The van der Waals surface area contributed by atoms with Crippen LogP contribution in [0.2, 0.25) is 5.02 Å². The summed E-state index contributed by atoms with van der Waals surface area (Å²) in [7, 11) is 0. The van der Waals surface area contributed by atoms with Crippen molar-refractivity contribution in [2.45, 2.75) is 19.9 Å². The predicted molar refractivity (Wildman–Crippen MR) is 78.0 cm³/mol. The fourth-order valence-electron chi connectivity index (χ4n) is 2.33. The molecule has 1 heterocycles. The van der Waals surface area contributed by atoms with E-state index in [0.29, 0.717) is 12.0 Å². The van der Waals surface area contributed by atoms with Gasteiger partial charge in [-0.3, -0.25) is 0 Å². The average Bonchev–Trinajstić information content (AvgIpc) is 2.32. The van der Waals surface area contributed by atoms with Crippen molar-refractivity contribution in [2.75, 3.05) is 24.5 Å². The smallest absolute Gasteiger partial charge is 0.0640 e. The van der Waals surface area contributed by atoms with E-state index in [-0.39, 0.29) is 0 Å². The number of halogens is 2. The van der Waals surface area contributed by atoms with Crippen molar-refractivity contribution in [1.82, 2.24) is 5.32 Å². The second-order valence-corrected chi connectivity index (χ2v) is 6.13. The molecule has 1 saturated heterocycles. The van der Waals surface area contributed by atoms with E-state index in [1.165, 1.54) is 0 Å². The number of nitrogens with one attached hydrogen (secondary N) is 1. The van der Waals surface area contributed by atoms with Gasteiger partial charge in [0.15, 0.2) is 0 Å². The van der Waals surface area contributed by atoms with Gasteiger partial charge in [0.25, 0.3) is 0 Å². The lowest BCUT2D eigenvalue weighted by Gasteiger charge is -2.40. The minimum Gasteiger partial charge on any atom is -0.365 e. The summed E-state index contributed by atoms with van der Waals surface area (Å²) in [5.41, 5.74) is 1.14. The van der Waals surface area contributed by atoms with Gasteiger partial charge in [-0.1, -0.05) is 41.4 Å². The molecule has 1 unspecified atom stereocenters. The Balaban J connectivity index is 2.32. The molecule has 1 aliphatic rings. The topological polar surface area (TPSA) is 15.3 Å². The Hall–Kier alpha value is -0.250. The lowest BCUT2D eigenvalue weighted by molar-refractivity contribution is 0.390. The molecule has 2 nitrogen and oxygen atoms in total. The summed E-state index contributed by atoms with van der Waals surface area (Å²) < 4.78 is 1.08. The van der Waals surface area contributed by atoms with E-state index < -0.39 is 0 Å². The minimum absolute atomic E-state index is 0.510. The van der Waals surface area contributed by atoms with Gasteiger partial charge >= 0.3 is 0 Å². The molecule has 0 spiro atoms. The van der Waals surface area contributed by atoms with Crippen LogP contribution in [-0.2, 0) is 0 Å². The molecule has 0 radical (unpaired) electrons. The normalized spacial score (nSPS) is 21.0. The molecule has 0 aliphatic carbocycles. The molecule has 0 saturated carbocycles. The van der Waals surface area contributed by atoms with Gasteiger partial charge in [-0.05, 0) is 24.1 Å². The highest BCUT2D eigenvalue weighted by Gasteiger charge is 2.26. The molecule has 0 amide bonds. The lowest BCUT2D eigenvalue weighted by atomic mass is 10.00. The number of piperazine rings is 1. The Labute approximate surface area is 116 Å². The van der Waals surface area contributed by atoms with E-state index in [2.05, 4.69) is 46.1 Å². The van der Waals surface area contributed by atoms with Crippen LogP contribution in [0.25, 0.3) is 0 Å². The number of anilines is 1. The fraction of sp³-hybridized carbons (Fsp3) is 0.538. The van der Waals surface area contributed by atoms with E-state index in [1.807, 2.05) is 12.1 Å². The number of hydrogen-bond acceptors (Lipinski definition) is 2. The van der Waals surface area contributed by atoms with Gasteiger partial charge in [0.05, 0.1) is 10.7 Å². The zero-order chi connectivity index (χ0) is 12.4. The van der Waals surface area contributed by atoms with Crippen LogP contribution in [0.5, 0.6) is 0 Å². The van der Waals surface area contributed by atoms with Gasteiger partial charge in [-0.15, -0.1) is 0 Å².